The highest BCUT2D eigenvalue weighted by atomic mass is 32.2. The molecule has 0 aromatic heterocycles. The number of amides is 1. The van der Waals surface area contributed by atoms with Crippen LogP contribution in [0.5, 0.6) is 11.5 Å². The summed E-state index contributed by atoms with van der Waals surface area (Å²) in [7, 11) is 0. The second kappa shape index (κ2) is 10.8. The third-order valence-corrected chi connectivity index (χ3v) is 5.55. The topological polar surface area (TPSA) is 76.1 Å². The highest BCUT2D eigenvalue weighted by Crippen LogP contribution is 2.32. The summed E-state index contributed by atoms with van der Waals surface area (Å²) in [5.41, 5.74) is 0.841. The Kier molecular flexibility index (Phi) is 7.87. The van der Waals surface area contributed by atoms with Gasteiger partial charge in [-0.15, -0.1) is 0 Å². The summed E-state index contributed by atoms with van der Waals surface area (Å²) in [5.74, 6) is 0.358. The molecule has 2 aromatic rings. The number of thiocarbonyl (C=S) groups is 1. The smallest absolute Gasteiger partial charge is 0.305 e. The van der Waals surface area contributed by atoms with Crippen molar-refractivity contribution < 1.29 is 24.2 Å². The van der Waals surface area contributed by atoms with Crippen LogP contribution in [0.25, 0.3) is 6.08 Å². The van der Waals surface area contributed by atoms with Crippen LogP contribution in [-0.2, 0) is 9.59 Å². The highest BCUT2D eigenvalue weighted by molar-refractivity contribution is 8.26. The van der Waals surface area contributed by atoms with Gasteiger partial charge in [0.1, 0.15) is 15.8 Å². The molecular formula is C22H21NO5S2. The second-order valence-electron chi connectivity index (χ2n) is 6.41. The molecule has 3 rings (SSSR count). The number of aliphatic carboxylic acids is 1. The van der Waals surface area contributed by atoms with Crippen LogP contribution in [0.2, 0.25) is 0 Å². The molecule has 156 valence electrons. The average molecular weight is 444 g/mol. The molecule has 0 spiro atoms. The molecule has 0 bridgehead atoms. The molecule has 1 saturated heterocycles. The maximum absolute atomic E-state index is 12.4. The number of carbonyl (C=O) groups is 2. The summed E-state index contributed by atoms with van der Waals surface area (Å²) in [6.07, 6.45) is 2.37. The summed E-state index contributed by atoms with van der Waals surface area (Å²) >= 11 is 6.37. The molecule has 6 nitrogen and oxygen atoms in total. The summed E-state index contributed by atoms with van der Waals surface area (Å²) in [4.78, 5) is 25.0. The van der Waals surface area contributed by atoms with Gasteiger partial charge in [0.05, 0.1) is 24.5 Å². The van der Waals surface area contributed by atoms with Crippen molar-refractivity contribution in [3.05, 3.63) is 65.1 Å². The lowest BCUT2D eigenvalue weighted by atomic mass is 10.2. The molecule has 1 heterocycles. The summed E-state index contributed by atoms with van der Waals surface area (Å²) < 4.78 is 11.7. The third-order valence-electron chi connectivity index (χ3n) is 4.17. The molecule has 2 aromatic carbocycles. The molecule has 1 aliphatic heterocycles. The summed E-state index contributed by atoms with van der Waals surface area (Å²) in [5, 5.41) is 8.80. The zero-order valence-electron chi connectivity index (χ0n) is 16.2. The van der Waals surface area contributed by atoms with Crippen molar-refractivity contribution in [2.24, 2.45) is 0 Å². The Hall–Kier alpha value is -2.84. The van der Waals surface area contributed by atoms with Gasteiger partial charge in [-0.2, -0.15) is 0 Å². The minimum atomic E-state index is -0.963. The van der Waals surface area contributed by atoms with E-state index in [-0.39, 0.29) is 18.9 Å². The number of rotatable bonds is 10. The van der Waals surface area contributed by atoms with E-state index in [1.165, 1.54) is 16.7 Å². The molecule has 0 radical (unpaired) electrons. The summed E-state index contributed by atoms with van der Waals surface area (Å²) in [6.45, 7) is 1.19. The number of benzene rings is 2. The Morgan fingerprint density at radius 1 is 1.03 bits per heavy atom. The van der Waals surface area contributed by atoms with Gasteiger partial charge >= 0.3 is 5.97 Å². The van der Waals surface area contributed by atoms with Gasteiger partial charge < -0.3 is 14.6 Å². The van der Waals surface area contributed by atoms with Crippen molar-refractivity contribution >= 4 is 46.3 Å². The minimum Gasteiger partial charge on any atom is -0.493 e. The van der Waals surface area contributed by atoms with E-state index in [2.05, 4.69) is 0 Å². The average Bonchev–Trinajstić information content (AvgIpc) is 3.00. The van der Waals surface area contributed by atoms with Crippen LogP contribution >= 0.6 is 24.0 Å². The van der Waals surface area contributed by atoms with Gasteiger partial charge in [0.2, 0.25) is 0 Å². The lowest BCUT2D eigenvalue weighted by Gasteiger charge is -2.12. The maximum atomic E-state index is 12.4. The number of ether oxygens (including phenoxy) is 2. The zero-order valence-corrected chi connectivity index (χ0v) is 17.8. The van der Waals surface area contributed by atoms with Crippen LogP contribution < -0.4 is 9.47 Å². The number of hydrogen-bond acceptors (Lipinski definition) is 6. The molecule has 1 amide bonds. The quantitative estimate of drug-likeness (QED) is 0.335. The first-order valence-electron chi connectivity index (χ1n) is 9.41. The molecule has 30 heavy (non-hydrogen) atoms. The number of hydrogen-bond donors (Lipinski definition) is 1. The number of para-hydroxylation sites is 1. The minimum absolute atomic E-state index is 0.0815. The van der Waals surface area contributed by atoms with Gasteiger partial charge in [-0.25, -0.2) is 0 Å². The Morgan fingerprint density at radius 3 is 2.30 bits per heavy atom. The molecule has 0 aliphatic carbocycles. The Balaban J connectivity index is 1.46. The molecule has 8 heteroatoms. The molecule has 0 saturated carbocycles. The van der Waals surface area contributed by atoms with Gasteiger partial charge in [0.25, 0.3) is 5.91 Å². The van der Waals surface area contributed by atoms with E-state index >= 15 is 0 Å². The first-order chi connectivity index (χ1) is 14.5. The zero-order chi connectivity index (χ0) is 21.3. The monoisotopic (exact) mass is 443 g/mol. The SMILES string of the molecule is O=C(O)CCN1C(=O)/C(=C/c2ccc(OCCCOc3ccccc3)cc2)SC1=S. The van der Waals surface area contributed by atoms with E-state index in [4.69, 9.17) is 26.8 Å². The number of thioether (sulfide) groups is 1. The standard InChI is InChI=1S/C22H21NO5S2/c24-20(25)11-12-23-21(26)19(30-22(23)29)15-16-7-9-18(10-8-16)28-14-4-13-27-17-5-2-1-3-6-17/h1-3,5-10,15H,4,11-14H2,(H,24,25)/b19-15-. The van der Waals surface area contributed by atoms with Crippen LogP contribution in [0, 0.1) is 0 Å². The Labute approximate surface area is 184 Å². The lowest BCUT2D eigenvalue weighted by molar-refractivity contribution is -0.137. The van der Waals surface area contributed by atoms with Gasteiger partial charge in [-0.3, -0.25) is 14.5 Å². The first-order valence-corrected chi connectivity index (χ1v) is 10.6. The number of carbonyl (C=O) groups excluding carboxylic acids is 1. The normalized spacial score (nSPS) is 14.9. The van der Waals surface area contributed by atoms with Crippen molar-refractivity contribution in [1.29, 1.82) is 0 Å². The Bertz CT molecular complexity index is 928. The number of carboxylic acid groups (broad SMARTS) is 1. The fourth-order valence-electron chi connectivity index (χ4n) is 2.67. The van der Waals surface area contributed by atoms with E-state index in [0.29, 0.717) is 22.4 Å². The molecule has 1 N–H and O–H groups in total. The van der Waals surface area contributed by atoms with Gasteiger partial charge in [0.15, 0.2) is 0 Å². The molecular weight excluding hydrogens is 422 g/mol. The first kappa shape index (κ1) is 21.9. The van der Waals surface area contributed by atoms with Gasteiger partial charge in [-0.05, 0) is 35.9 Å². The van der Waals surface area contributed by atoms with Crippen LogP contribution in [0.4, 0.5) is 0 Å². The molecule has 0 unspecified atom stereocenters. The van der Waals surface area contributed by atoms with E-state index in [1.807, 2.05) is 54.6 Å². The van der Waals surface area contributed by atoms with Crippen LogP contribution in [0.3, 0.4) is 0 Å². The predicted molar refractivity (Wildman–Crippen MR) is 121 cm³/mol. The Morgan fingerprint density at radius 2 is 1.67 bits per heavy atom. The highest BCUT2D eigenvalue weighted by Gasteiger charge is 2.31. The van der Waals surface area contributed by atoms with E-state index < -0.39 is 5.97 Å². The molecule has 0 atom stereocenters. The fourth-order valence-corrected chi connectivity index (χ4v) is 3.98. The van der Waals surface area contributed by atoms with Crippen molar-refractivity contribution in [1.82, 2.24) is 4.90 Å². The molecule has 1 aliphatic rings. The van der Waals surface area contributed by atoms with E-state index in [0.717, 1.165) is 23.5 Å². The summed E-state index contributed by atoms with van der Waals surface area (Å²) in [6, 6.07) is 17.0. The van der Waals surface area contributed by atoms with Crippen molar-refractivity contribution in [3.8, 4) is 11.5 Å². The van der Waals surface area contributed by atoms with Crippen molar-refractivity contribution in [2.45, 2.75) is 12.8 Å². The van der Waals surface area contributed by atoms with Crippen LogP contribution in [0.1, 0.15) is 18.4 Å². The van der Waals surface area contributed by atoms with E-state index in [9.17, 15) is 9.59 Å². The van der Waals surface area contributed by atoms with Crippen molar-refractivity contribution in [2.75, 3.05) is 19.8 Å². The largest absolute Gasteiger partial charge is 0.493 e. The molecule has 1 fully saturated rings. The predicted octanol–water partition coefficient (Wildman–Crippen LogP) is 4.21. The third kappa shape index (κ3) is 6.33. The second-order valence-corrected chi connectivity index (χ2v) is 8.09. The van der Waals surface area contributed by atoms with Crippen LogP contribution in [-0.4, -0.2) is 46.0 Å². The maximum Gasteiger partial charge on any atom is 0.305 e. The fraction of sp³-hybridized carbons (Fsp3) is 0.227. The number of nitrogens with zero attached hydrogens (tertiary/aromatic N) is 1. The van der Waals surface area contributed by atoms with E-state index in [1.54, 1.807) is 6.08 Å². The van der Waals surface area contributed by atoms with Crippen molar-refractivity contribution in [3.63, 3.8) is 0 Å². The van der Waals surface area contributed by atoms with Crippen LogP contribution in [0.15, 0.2) is 59.5 Å². The van der Waals surface area contributed by atoms with Gasteiger partial charge in [0, 0.05) is 13.0 Å². The lowest BCUT2D eigenvalue weighted by Crippen LogP contribution is -2.30. The number of carboxylic acids is 1. The van der Waals surface area contributed by atoms with Gasteiger partial charge in [-0.1, -0.05) is 54.3 Å².